The highest BCUT2D eigenvalue weighted by Crippen LogP contribution is 2.23. The van der Waals surface area contributed by atoms with Crippen LogP contribution in [0.15, 0.2) is 45.8 Å². The van der Waals surface area contributed by atoms with Crippen LogP contribution in [0.3, 0.4) is 0 Å². The van der Waals surface area contributed by atoms with Crippen molar-refractivity contribution in [2.24, 2.45) is 5.14 Å². The predicted molar refractivity (Wildman–Crippen MR) is 89.0 cm³/mol. The summed E-state index contributed by atoms with van der Waals surface area (Å²) in [5, 5.41) is 9.00. The van der Waals surface area contributed by atoms with E-state index in [1.54, 1.807) is 19.1 Å². The van der Waals surface area contributed by atoms with E-state index < -0.39 is 10.0 Å². The highest BCUT2D eigenvalue weighted by atomic mass is 79.9. The van der Waals surface area contributed by atoms with E-state index in [1.807, 2.05) is 18.2 Å². The number of halogens is 2. The average molecular weight is 390 g/mol. The first-order chi connectivity index (χ1) is 9.77. The first-order valence-corrected chi connectivity index (χ1v) is 8.80. The number of nitrogens with one attached hydrogen (secondary N) is 1. The number of aryl methyl sites for hydroxylation is 1. The molecule has 21 heavy (non-hydrogen) atoms. The van der Waals surface area contributed by atoms with Gasteiger partial charge in [0.05, 0.1) is 4.90 Å². The zero-order valence-electron chi connectivity index (χ0n) is 11.2. The number of nitrogens with two attached hydrogens (primary N) is 1. The number of hydrogen-bond donors (Lipinski definition) is 2. The quantitative estimate of drug-likeness (QED) is 0.838. The molecule has 0 bridgehead atoms. The molecule has 3 N–H and O–H groups in total. The maximum atomic E-state index is 11.5. The van der Waals surface area contributed by atoms with Crippen LogP contribution >= 0.6 is 27.5 Å². The standard InChI is InChI=1S/C14H14BrClN2O2S/c1-9-2-4-12(7-14(9)21(17,19)20)18-8-10-6-11(16)3-5-13(10)15/h2-7,18H,8H2,1H3,(H2,17,19,20). The van der Waals surface area contributed by atoms with Crippen LogP contribution in [-0.2, 0) is 16.6 Å². The highest BCUT2D eigenvalue weighted by molar-refractivity contribution is 9.10. The Kier molecular flexibility index (Phi) is 4.93. The predicted octanol–water partition coefficient (Wildman–Crippen LogP) is 3.67. The maximum absolute atomic E-state index is 11.5. The van der Waals surface area contributed by atoms with Gasteiger partial charge in [-0.2, -0.15) is 0 Å². The first-order valence-electron chi connectivity index (χ1n) is 6.08. The van der Waals surface area contributed by atoms with Crippen molar-refractivity contribution in [1.29, 1.82) is 0 Å². The Morgan fingerprint density at radius 1 is 1.24 bits per heavy atom. The molecule has 0 aliphatic rings. The second-order valence-corrected chi connectivity index (χ2v) is 7.44. The summed E-state index contributed by atoms with van der Waals surface area (Å²) in [6, 6.07) is 10.6. The second kappa shape index (κ2) is 6.36. The number of benzene rings is 2. The van der Waals surface area contributed by atoms with Gasteiger partial charge in [0.1, 0.15) is 0 Å². The van der Waals surface area contributed by atoms with Gasteiger partial charge in [0.25, 0.3) is 0 Å². The minimum absolute atomic E-state index is 0.123. The van der Waals surface area contributed by atoms with Gasteiger partial charge in [0, 0.05) is 21.7 Å². The van der Waals surface area contributed by atoms with E-state index in [4.69, 9.17) is 16.7 Å². The van der Waals surface area contributed by atoms with Gasteiger partial charge in [-0.05, 0) is 48.4 Å². The summed E-state index contributed by atoms with van der Waals surface area (Å²) in [5.74, 6) is 0. The van der Waals surface area contributed by atoms with Gasteiger partial charge in [0.15, 0.2) is 0 Å². The van der Waals surface area contributed by atoms with E-state index in [-0.39, 0.29) is 4.90 Å². The minimum Gasteiger partial charge on any atom is -0.381 e. The molecule has 0 atom stereocenters. The van der Waals surface area contributed by atoms with Crippen LogP contribution in [0.5, 0.6) is 0 Å². The smallest absolute Gasteiger partial charge is 0.238 e. The van der Waals surface area contributed by atoms with Gasteiger partial charge in [-0.3, -0.25) is 0 Å². The van der Waals surface area contributed by atoms with Crippen molar-refractivity contribution in [2.45, 2.75) is 18.4 Å². The lowest BCUT2D eigenvalue weighted by atomic mass is 10.2. The van der Waals surface area contributed by atoms with Gasteiger partial charge < -0.3 is 5.32 Å². The summed E-state index contributed by atoms with van der Waals surface area (Å²) in [6.07, 6.45) is 0. The fraction of sp³-hybridized carbons (Fsp3) is 0.143. The number of hydrogen-bond acceptors (Lipinski definition) is 3. The van der Waals surface area contributed by atoms with E-state index in [0.29, 0.717) is 22.8 Å². The van der Waals surface area contributed by atoms with E-state index >= 15 is 0 Å². The molecule has 0 heterocycles. The molecule has 0 saturated carbocycles. The molecule has 4 nitrogen and oxygen atoms in total. The lowest BCUT2D eigenvalue weighted by molar-refractivity contribution is 0.597. The van der Waals surface area contributed by atoms with E-state index in [0.717, 1.165) is 10.0 Å². The molecule has 0 aliphatic carbocycles. The Hall–Kier alpha value is -1.08. The molecule has 0 spiro atoms. The van der Waals surface area contributed by atoms with Crippen molar-refractivity contribution in [3.05, 3.63) is 57.0 Å². The summed E-state index contributed by atoms with van der Waals surface area (Å²) in [4.78, 5) is 0.123. The molecular formula is C14H14BrClN2O2S. The largest absolute Gasteiger partial charge is 0.381 e. The normalized spacial score (nSPS) is 11.4. The molecule has 2 rings (SSSR count). The van der Waals surface area contributed by atoms with E-state index in [9.17, 15) is 8.42 Å². The summed E-state index contributed by atoms with van der Waals surface area (Å²) < 4.78 is 23.9. The molecule has 0 aromatic heterocycles. The van der Waals surface area contributed by atoms with Crippen molar-refractivity contribution < 1.29 is 8.42 Å². The molecule has 0 unspecified atom stereocenters. The van der Waals surface area contributed by atoms with Crippen molar-refractivity contribution >= 4 is 43.2 Å². The first kappa shape index (κ1) is 16.3. The van der Waals surface area contributed by atoms with E-state index in [2.05, 4.69) is 21.2 Å². The van der Waals surface area contributed by atoms with Crippen molar-refractivity contribution in [1.82, 2.24) is 0 Å². The van der Waals surface area contributed by atoms with Crippen LogP contribution in [-0.4, -0.2) is 8.42 Å². The SMILES string of the molecule is Cc1ccc(NCc2cc(Cl)ccc2Br)cc1S(N)(=O)=O. The zero-order chi connectivity index (χ0) is 15.6. The molecule has 0 saturated heterocycles. The topological polar surface area (TPSA) is 72.2 Å². The van der Waals surface area contributed by atoms with E-state index in [1.165, 1.54) is 6.07 Å². The van der Waals surface area contributed by atoms with Crippen LogP contribution in [0.4, 0.5) is 5.69 Å². The third-order valence-corrected chi connectivity index (χ3v) is 5.05. The minimum atomic E-state index is -3.72. The lowest BCUT2D eigenvalue weighted by Crippen LogP contribution is -2.14. The molecule has 0 radical (unpaired) electrons. The molecule has 0 fully saturated rings. The van der Waals surface area contributed by atoms with Gasteiger partial charge in [-0.1, -0.05) is 33.6 Å². The molecular weight excluding hydrogens is 376 g/mol. The lowest BCUT2D eigenvalue weighted by Gasteiger charge is -2.11. The molecule has 2 aromatic carbocycles. The van der Waals surface area contributed by atoms with Crippen LogP contribution < -0.4 is 10.5 Å². The number of anilines is 1. The van der Waals surface area contributed by atoms with Crippen molar-refractivity contribution in [2.75, 3.05) is 5.32 Å². The molecule has 112 valence electrons. The van der Waals surface area contributed by atoms with Crippen LogP contribution in [0.25, 0.3) is 0 Å². The van der Waals surface area contributed by atoms with Gasteiger partial charge >= 0.3 is 0 Å². The van der Waals surface area contributed by atoms with Crippen LogP contribution in [0.2, 0.25) is 5.02 Å². The zero-order valence-corrected chi connectivity index (χ0v) is 14.4. The third kappa shape index (κ3) is 4.20. The molecule has 2 aromatic rings. The Morgan fingerprint density at radius 3 is 2.62 bits per heavy atom. The van der Waals surface area contributed by atoms with Crippen molar-refractivity contribution in [3.63, 3.8) is 0 Å². The van der Waals surface area contributed by atoms with Crippen LogP contribution in [0.1, 0.15) is 11.1 Å². The second-order valence-electron chi connectivity index (χ2n) is 4.61. The fourth-order valence-electron chi connectivity index (χ4n) is 1.89. The number of sulfonamides is 1. The molecule has 7 heteroatoms. The maximum Gasteiger partial charge on any atom is 0.238 e. The summed E-state index contributed by atoms with van der Waals surface area (Å²) >= 11 is 9.41. The van der Waals surface area contributed by atoms with Gasteiger partial charge in [0.2, 0.25) is 10.0 Å². The Morgan fingerprint density at radius 2 is 1.95 bits per heavy atom. The van der Waals surface area contributed by atoms with Gasteiger partial charge in [-0.15, -0.1) is 0 Å². The number of rotatable bonds is 4. The Bertz CT molecular complexity index is 779. The fourth-order valence-corrected chi connectivity index (χ4v) is 3.28. The monoisotopic (exact) mass is 388 g/mol. The van der Waals surface area contributed by atoms with Crippen LogP contribution in [0, 0.1) is 6.92 Å². The van der Waals surface area contributed by atoms with Crippen molar-refractivity contribution in [3.8, 4) is 0 Å². The summed E-state index contributed by atoms with van der Waals surface area (Å²) in [5.41, 5.74) is 2.27. The Balaban J connectivity index is 2.23. The number of primary sulfonamides is 1. The Labute approximate surface area is 137 Å². The van der Waals surface area contributed by atoms with Gasteiger partial charge in [-0.25, -0.2) is 13.6 Å². The highest BCUT2D eigenvalue weighted by Gasteiger charge is 2.12. The summed E-state index contributed by atoms with van der Waals surface area (Å²) in [6.45, 7) is 2.21. The average Bonchev–Trinajstić information content (AvgIpc) is 2.40. The third-order valence-electron chi connectivity index (χ3n) is 2.99. The molecule has 0 aliphatic heterocycles. The summed E-state index contributed by atoms with van der Waals surface area (Å²) in [7, 11) is -3.72. The molecule has 0 amide bonds.